The Balaban J connectivity index is 2.23. The minimum atomic E-state index is -3.78. The third kappa shape index (κ3) is 3.27. The Morgan fingerprint density at radius 2 is 1.92 bits per heavy atom. The molecule has 0 saturated heterocycles. The standard InChI is InChI=1S/C16H11F3N2O3S/c1-25(22,23)12-5-4-9(7-11(12)17)13-14(10-3-2-6-20-8-10)21-24-15(13)16(18)19/h2-8,16H,1H3. The van der Waals surface area contributed by atoms with Crippen molar-refractivity contribution in [3.05, 3.63) is 54.3 Å². The molecule has 0 amide bonds. The van der Waals surface area contributed by atoms with E-state index in [1.807, 2.05) is 0 Å². The van der Waals surface area contributed by atoms with Crippen molar-refractivity contribution in [3.63, 3.8) is 0 Å². The fourth-order valence-corrected chi connectivity index (χ4v) is 3.12. The number of aromatic nitrogens is 2. The lowest BCUT2D eigenvalue weighted by Gasteiger charge is -2.07. The van der Waals surface area contributed by atoms with Crippen molar-refractivity contribution in [2.75, 3.05) is 6.26 Å². The van der Waals surface area contributed by atoms with Gasteiger partial charge >= 0.3 is 0 Å². The van der Waals surface area contributed by atoms with Crippen molar-refractivity contribution in [1.29, 1.82) is 0 Å². The van der Waals surface area contributed by atoms with Crippen LogP contribution < -0.4 is 0 Å². The number of halogens is 3. The zero-order chi connectivity index (χ0) is 18.2. The molecule has 0 aliphatic carbocycles. The Morgan fingerprint density at radius 3 is 2.48 bits per heavy atom. The first-order valence-electron chi connectivity index (χ1n) is 6.97. The van der Waals surface area contributed by atoms with Crippen molar-refractivity contribution < 1.29 is 26.1 Å². The molecule has 0 aliphatic heterocycles. The second kappa shape index (κ2) is 6.32. The van der Waals surface area contributed by atoms with Crippen LogP contribution >= 0.6 is 0 Å². The summed E-state index contributed by atoms with van der Waals surface area (Å²) in [6.07, 6.45) is 0.775. The first-order valence-corrected chi connectivity index (χ1v) is 8.86. The summed E-state index contributed by atoms with van der Waals surface area (Å²) in [4.78, 5) is 3.37. The van der Waals surface area contributed by atoms with Gasteiger partial charge in [-0.25, -0.2) is 21.6 Å². The summed E-state index contributed by atoms with van der Waals surface area (Å²) in [5.41, 5.74) is 0.387. The van der Waals surface area contributed by atoms with Gasteiger partial charge in [-0.05, 0) is 29.8 Å². The Labute approximate surface area is 141 Å². The smallest absolute Gasteiger partial charge is 0.298 e. The van der Waals surface area contributed by atoms with E-state index in [4.69, 9.17) is 4.52 Å². The summed E-state index contributed by atoms with van der Waals surface area (Å²) < 4.78 is 68.5. The van der Waals surface area contributed by atoms with Crippen molar-refractivity contribution in [2.45, 2.75) is 11.3 Å². The molecule has 0 atom stereocenters. The van der Waals surface area contributed by atoms with Gasteiger partial charge in [0.25, 0.3) is 6.43 Å². The molecule has 2 aromatic heterocycles. The van der Waals surface area contributed by atoms with Gasteiger partial charge in [0.15, 0.2) is 9.84 Å². The van der Waals surface area contributed by atoms with Gasteiger partial charge in [0.05, 0.1) is 5.56 Å². The predicted octanol–water partition coefficient (Wildman–Crippen LogP) is 3.88. The second-order valence-corrected chi connectivity index (χ2v) is 7.21. The zero-order valence-corrected chi connectivity index (χ0v) is 13.6. The summed E-state index contributed by atoms with van der Waals surface area (Å²) in [5, 5.41) is 3.65. The third-order valence-electron chi connectivity index (χ3n) is 3.47. The number of nitrogens with zero attached hydrogens (tertiary/aromatic N) is 2. The second-order valence-electron chi connectivity index (χ2n) is 5.23. The Hall–Kier alpha value is -2.68. The summed E-state index contributed by atoms with van der Waals surface area (Å²) in [7, 11) is -3.78. The summed E-state index contributed by atoms with van der Waals surface area (Å²) >= 11 is 0. The molecule has 3 aromatic rings. The average Bonchev–Trinajstić information content (AvgIpc) is 2.99. The molecule has 0 aliphatic rings. The van der Waals surface area contributed by atoms with E-state index < -0.39 is 32.7 Å². The van der Waals surface area contributed by atoms with Crippen LogP contribution in [-0.4, -0.2) is 24.8 Å². The molecule has 0 fully saturated rings. The highest BCUT2D eigenvalue weighted by Crippen LogP contribution is 2.39. The summed E-state index contributed by atoms with van der Waals surface area (Å²) in [5.74, 6) is -1.77. The molecule has 5 nitrogen and oxygen atoms in total. The fourth-order valence-electron chi connectivity index (χ4n) is 2.39. The number of benzene rings is 1. The van der Waals surface area contributed by atoms with E-state index in [2.05, 4.69) is 10.1 Å². The summed E-state index contributed by atoms with van der Waals surface area (Å²) in [6.45, 7) is 0. The lowest BCUT2D eigenvalue weighted by atomic mass is 10.00. The quantitative estimate of drug-likeness (QED) is 0.699. The van der Waals surface area contributed by atoms with E-state index >= 15 is 0 Å². The van der Waals surface area contributed by atoms with Crippen molar-refractivity contribution in [3.8, 4) is 22.4 Å². The van der Waals surface area contributed by atoms with Crippen molar-refractivity contribution >= 4 is 9.84 Å². The number of rotatable bonds is 4. The molecule has 3 rings (SSSR count). The van der Waals surface area contributed by atoms with Crippen LogP contribution in [0.4, 0.5) is 13.2 Å². The third-order valence-corrected chi connectivity index (χ3v) is 4.60. The van der Waals surface area contributed by atoms with Gasteiger partial charge in [0.2, 0.25) is 5.76 Å². The maximum atomic E-state index is 14.2. The van der Waals surface area contributed by atoms with Gasteiger partial charge in [-0.15, -0.1) is 0 Å². The first-order chi connectivity index (χ1) is 11.8. The van der Waals surface area contributed by atoms with Crippen LogP contribution in [-0.2, 0) is 9.84 Å². The van der Waals surface area contributed by atoms with Gasteiger partial charge in [0.1, 0.15) is 16.4 Å². The van der Waals surface area contributed by atoms with Crippen LogP contribution in [0.5, 0.6) is 0 Å². The Morgan fingerprint density at radius 1 is 1.16 bits per heavy atom. The van der Waals surface area contributed by atoms with Crippen molar-refractivity contribution in [1.82, 2.24) is 10.1 Å². The van der Waals surface area contributed by atoms with Crippen molar-refractivity contribution in [2.24, 2.45) is 0 Å². The Kier molecular flexibility index (Phi) is 4.34. The highest BCUT2D eigenvalue weighted by molar-refractivity contribution is 7.90. The lowest BCUT2D eigenvalue weighted by molar-refractivity contribution is 0.113. The molecule has 25 heavy (non-hydrogen) atoms. The van der Waals surface area contributed by atoms with E-state index in [-0.39, 0.29) is 16.8 Å². The normalized spacial score (nSPS) is 11.9. The number of alkyl halides is 2. The molecule has 0 radical (unpaired) electrons. The first kappa shape index (κ1) is 17.2. The molecule has 0 bridgehead atoms. The molecular formula is C16H11F3N2O3S. The van der Waals surface area contributed by atoms with Crippen LogP contribution in [0.3, 0.4) is 0 Å². The van der Waals surface area contributed by atoms with Gasteiger partial charge in [-0.2, -0.15) is 0 Å². The topological polar surface area (TPSA) is 73.1 Å². The monoisotopic (exact) mass is 368 g/mol. The molecule has 130 valence electrons. The van der Waals surface area contributed by atoms with E-state index in [0.717, 1.165) is 18.4 Å². The molecule has 0 saturated carbocycles. The minimum absolute atomic E-state index is 0.0281. The maximum Gasteiger partial charge on any atom is 0.298 e. The van der Waals surface area contributed by atoms with E-state index in [0.29, 0.717) is 5.56 Å². The van der Waals surface area contributed by atoms with Gasteiger partial charge in [-0.1, -0.05) is 11.2 Å². The largest absolute Gasteiger partial charge is 0.354 e. The lowest BCUT2D eigenvalue weighted by Crippen LogP contribution is -2.01. The molecule has 1 aromatic carbocycles. The number of pyridine rings is 1. The zero-order valence-electron chi connectivity index (χ0n) is 12.8. The number of sulfone groups is 1. The van der Waals surface area contributed by atoms with E-state index in [9.17, 15) is 21.6 Å². The highest BCUT2D eigenvalue weighted by atomic mass is 32.2. The van der Waals surface area contributed by atoms with Crippen LogP contribution in [0.25, 0.3) is 22.4 Å². The van der Waals surface area contributed by atoms with Gasteiger partial charge < -0.3 is 4.52 Å². The number of hydrogen-bond donors (Lipinski definition) is 0. The van der Waals surface area contributed by atoms with E-state index in [1.54, 1.807) is 12.1 Å². The molecule has 0 N–H and O–H groups in total. The van der Waals surface area contributed by atoms with Crippen LogP contribution in [0, 0.1) is 5.82 Å². The molecular weight excluding hydrogens is 357 g/mol. The maximum absolute atomic E-state index is 14.2. The van der Waals surface area contributed by atoms with Gasteiger partial charge in [-0.3, -0.25) is 4.98 Å². The van der Waals surface area contributed by atoms with E-state index in [1.165, 1.54) is 18.5 Å². The van der Waals surface area contributed by atoms with Crippen LogP contribution in [0.15, 0.2) is 52.1 Å². The molecule has 9 heteroatoms. The SMILES string of the molecule is CS(=O)(=O)c1ccc(-c2c(-c3cccnc3)noc2C(F)F)cc1F. The minimum Gasteiger partial charge on any atom is -0.354 e. The summed E-state index contributed by atoms with van der Waals surface area (Å²) in [6, 6.07) is 6.30. The fraction of sp³-hybridized carbons (Fsp3) is 0.125. The van der Waals surface area contributed by atoms with Gasteiger partial charge in [0, 0.05) is 24.2 Å². The predicted molar refractivity (Wildman–Crippen MR) is 83.2 cm³/mol. The molecule has 0 unspecified atom stereocenters. The molecule has 0 spiro atoms. The average molecular weight is 368 g/mol. The van der Waals surface area contributed by atoms with Crippen LogP contribution in [0.2, 0.25) is 0 Å². The van der Waals surface area contributed by atoms with Crippen LogP contribution in [0.1, 0.15) is 12.2 Å². The molecule has 2 heterocycles. The Bertz CT molecular complexity index is 1020. The number of hydrogen-bond acceptors (Lipinski definition) is 5. The highest BCUT2D eigenvalue weighted by Gasteiger charge is 2.27.